The molecule has 0 radical (unpaired) electrons. The molecule has 0 aromatic heterocycles. The van der Waals surface area contributed by atoms with Crippen LogP contribution in [0.15, 0.2) is 0 Å². The monoisotopic (exact) mass is 264 g/mol. The van der Waals surface area contributed by atoms with Gasteiger partial charge in [0.1, 0.15) is 0 Å². The highest BCUT2D eigenvalue weighted by atomic mass is 15.2. The molecular weight excluding hydrogens is 232 g/mol. The molecule has 2 saturated carbocycles. The Balaban J connectivity index is 1.36. The van der Waals surface area contributed by atoms with E-state index in [0.717, 1.165) is 17.9 Å². The molecule has 0 aromatic rings. The summed E-state index contributed by atoms with van der Waals surface area (Å²) in [4.78, 5) is 2.76. The maximum absolute atomic E-state index is 3.85. The molecule has 0 bridgehead atoms. The molecule has 1 atom stereocenters. The fourth-order valence-corrected chi connectivity index (χ4v) is 4.15. The van der Waals surface area contributed by atoms with E-state index in [9.17, 15) is 0 Å². The lowest BCUT2D eigenvalue weighted by Gasteiger charge is -2.37. The Hall–Kier alpha value is -0.0800. The van der Waals surface area contributed by atoms with Crippen molar-refractivity contribution in [2.45, 2.75) is 70.3 Å². The van der Waals surface area contributed by atoms with Crippen LogP contribution < -0.4 is 5.32 Å². The third kappa shape index (κ3) is 4.19. The van der Waals surface area contributed by atoms with Gasteiger partial charge in [-0.2, -0.15) is 0 Å². The first-order valence-corrected chi connectivity index (χ1v) is 8.86. The Morgan fingerprint density at radius 3 is 2.32 bits per heavy atom. The molecule has 19 heavy (non-hydrogen) atoms. The molecule has 1 aliphatic heterocycles. The zero-order valence-electron chi connectivity index (χ0n) is 12.6. The van der Waals surface area contributed by atoms with E-state index in [1.165, 1.54) is 90.4 Å². The minimum absolute atomic E-state index is 0.790. The summed E-state index contributed by atoms with van der Waals surface area (Å²) in [6.45, 7) is 5.37. The molecular formula is C17H32N2. The van der Waals surface area contributed by atoms with Gasteiger partial charge in [0.2, 0.25) is 0 Å². The van der Waals surface area contributed by atoms with Crippen LogP contribution in [-0.2, 0) is 0 Å². The molecule has 110 valence electrons. The van der Waals surface area contributed by atoms with Crippen molar-refractivity contribution < 1.29 is 0 Å². The highest BCUT2D eigenvalue weighted by molar-refractivity contribution is 4.82. The highest BCUT2D eigenvalue weighted by Gasteiger charge is 2.24. The molecule has 3 fully saturated rings. The van der Waals surface area contributed by atoms with Crippen molar-refractivity contribution in [3.05, 3.63) is 0 Å². The first-order valence-electron chi connectivity index (χ1n) is 8.86. The molecule has 3 aliphatic rings. The molecule has 0 spiro atoms. The Labute approximate surface area is 119 Å². The number of rotatable bonds is 5. The lowest BCUT2D eigenvalue weighted by atomic mass is 9.85. The Kier molecular flexibility index (Phi) is 5.17. The molecule has 2 nitrogen and oxygen atoms in total. The van der Waals surface area contributed by atoms with Crippen LogP contribution in [0.25, 0.3) is 0 Å². The van der Waals surface area contributed by atoms with Crippen molar-refractivity contribution in [2.24, 2.45) is 11.8 Å². The smallest absolute Gasteiger partial charge is 0.0195 e. The van der Waals surface area contributed by atoms with Gasteiger partial charge < -0.3 is 10.2 Å². The zero-order chi connectivity index (χ0) is 12.9. The van der Waals surface area contributed by atoms with E-state index < -0.39 is 0 Å². The van der Waals surface area contributed by atoms with Gasteiger partial charge in [0.25, 0.3) is 0 Å². The third-order valence-electron chi connectivity index (χ3n) is 5.67. The summed E-state index contributed by atoms with van der Waals surface area (Å²) in [7, 11) is 0. The van der Waals surface area contributed by atoms with Crippen molar-refractivity contribution in [2.75, 3.05) is 26.2 Å². The van der Waals surface area contributed by atoms with Crippen LogP contribution in [0.2, 0.25) is 0 Å². The van der Waals surface area contributed by atoms with Gasteiger partial charge in [-0.3, -0.25) is 0 Å². The molecule has 1 heterocycles. The number of piperidine rings is 1. The molecule has 1 unspecified atom stereocenters. The van der Waals surface area contributed by atoms with Crippen LogP contribution >= 0.6 is 0 Å². The van der Waals surface area contributed by atoms with E-state index in [1.54, 1.807) is 0 Å². The highest BCUT2D eigenvalue weighted by Crippen LogP contribution is 2.27. The van der Waals surface area contributed by atoms with Crippen molar-refractivity contribution in [1.29, 1.82) is 0 Å². The Morgan fingerprint density at radius 2 is 1.58 bits per heavy atom. The second kappa shape index (κ2) is 7.08. The van der Waals surface area contributed by atoms with Crippen LogP contribution in [0.1, 0.15) is 64.2 Å². The van der Waals surface area contributed by atoms with Gasteiger partial charge in [-0.25, -0.2) is 0 Å². The van der Waals surface area contributed by atoms with Crippen molar-refractivity contribution in [3.63, 3.8) is 0 Å². The van der Waals surface area contributed by atoms with Gasteiger partial charge in [-0.1, -0.05) is 25.7 Å². The molecule has 1 N–H and O–H groups in total. The van der Waals surface area contributed by atoms with Crippen LogP contribution in [0.5, 0.6) is 0 Å². The predicted octanol–water partition coefficient (Wildman–Crippen LogP) is 3.42. The summed E-state index contributed by atoms with van der Waals surface area (Å²) in [5, 5.41) is 3.85. The minimum atomic E-state index is 0.790. The van der Waals surface area contributed by atoms with E-state index in [0.29, 0.717) is 0 Å². The van der Waals surface area contributed by atoms with E-state index >= 15 is 0 Å². The standard InChI is InChI=1S/C17H32N2/c1-2-6-16(7-3-1)13-19-11-5-10-17(14-19)18-12-15-8-4-9-15/h15-18H,1-14H2. The van der Waals surface area contributed by atoms with Crippen LogP contribution in [0.3, 0.4) is 0 Å². The van der Waals surface area contributed by atoms with Crippen LogP contribution in [0.4, 0.5) is 0 Å². The number of likely N-dealkylation sites (tertiary alicyclic amines) is 1. The fourth-order valence-electron chi connectivity index (χ4n) is 4.15. The van der Waals surface area contributed by atoms with Gasteiger partial charge >= 0.3 is 0 Å². The molecule has 0 aromatic carbocycles. The molecule has 2 heteroatoms. The average molecular weight is 264 g/mol. The maximum atomic E-state index is 3.85. The van der Waals surface area contributed by atoms with Gasteiger partial charge in [-0.15, -0.1) is 0 Å². The Morgan fingerprint density at radius 1 is 0.789 bits per heavy atom. The lowest BCUT2D eigenvalue weighted by Crippen LogP contribution is -2.48. The fraction of sp³-hybridized carbons (Fsp3) is 1.00. The quantitative estimate of drug-likeness (QED) is 0.818. The maximum Gasteiger partial charge on any atom is 0.0195 e. The molecule has 2 aliphatic carbocycles. The SMILES string of the molecule is C1CCC(CN2CCCC(NCC3CCC3)C2)CC1. The van der Waals surface area contributed by atoms with Crippen LogP contribution in [-0.4, -0.2) is 37.1 Å². The average Bonchev–Trinajstić information content (AvgIpc) is 2.39. The van der Waals surface area contributed by atoms with Crippen molar-refractivity contribution in [3.8, 4) is 0 Å². The number of hydrogen-bond donors (Lipinski definition) is 1. The lowest BCUT2D eigenvalue weighted by molar-refractivity contribution is 0.144. The normalized spacial score (nSPS) is 31.3. The van der Waals surface area contributed by atoms with Crippen molar-refractivity contribution in [1.82, 2.24) is 10.2 Å². The number of nitrogens with zero attached hydrogens (tertiary/aromatic N) is 1. The number of nitrogens with one attached hydrogen (secondary N) is 1. The second-order valence-electron chi connectivity index (χ2n) is 7.31. The summed E-state index contributed by atoms with van der Waals surface area (Å²) >= 11 is 0. The summed E-state index contributed by atoms with van der Waals surface area (Å²) in [6, 6.07) is 0.790. The van der Waals surface area contributed by atoms with Gasteiger partial charge in [0.05, 0.1) is 0 Å². The number of hydrogen-bond acceptors (Lipinski definition) is 2. The second-order valence-corrected chi connectivity index (χ2v) is 7.31. The first-order chi connectivity index (χ1) is 9.40. The molecule has 0 amide bonds. The summed E-state index contributed by atoms with van der Waals surface area (Å²) in [6.07, 6.45) is 14.7. The summed E-state index contributed by atoms with van der Waals surface area (Å²) in [5.41, 5.74) is 0. The summed E-state index contributed by atoms with van der Waals surface area (Å²) < 4.78 is 0. The van der Waals surface area contributed by atoms with Gasteiger partial charge in [-0.05, 0) is 63.5 Å². The predicted molar refractivity (Wildman–Crippen MR) is 81.4 cm³/mol. The Bertz CT molecular complexity index is 256. The zero-order valence-corrected chi connectivity index (χ0v) is 12.6. The van der Waals surface area contributed by atoms with E-state index in [2.05, 4.69) is 10.2 Å². The van der Waals surface area contributed by atoms with Crippen molar-refractivity contribution >= 4 is 0 Å². The topological polar surface area (TPSA) is 15.3 Å². The molecule has 1 saturated heterocycles. The summed E-state index contributed by atoms with van der Waals surface area (Å²) in [5.74, 6) is 2.02. The van der Waals surface area contributed by atoms with E-state index in [4.69, 9.17) is 0 Å². The molecule has 3 rings (SSSR count). The van der Waals surface area contributed by atoms with Crippen LogP contribution in [0, 0.1) is 11.8 Å². The largest absolute Gasteiger partial charge is 0.312 e. The minimum Gasteiger partial charge on any atom is -0.312 e. The van der Waals surface area contributed by atoms with Gasteiger partial charge in [0, 0.05) is 19.1 Å². The van der Waals surface area contributed by atoms with E-state index in [-0.39, 0.29) is 0 Å². The van der Waals surface area contributed by atoms with Gasteiger partial charge in [0.15, 0.2) is 0 Å². The first kappa shape index (κ1) is 13.9. The third-order valence-corrected chi connectivity index (χ3v) is 5.67. The van der Waals surface area contributed by atoms with E-state index in [1.807, 2.05) is 0 Å².